The molecule has 2 heterocycles. The van der Waals surface area contributed by atoms with E-state index in [2.05, 4.69) is 25.9 Å². The molecule has 0 radical (unpaired) electrons. The number of carbonyl (C=O) groups excluding carboxylic acids is 1. The van der Waals surface area contributed by atoms with E-state index in [1.54, 1.807) is 29.2 Å². The minimum atomic E-state index is -0.116. The summed E-state index contributed by atoms with van der Waals surface area (Å²) in [4.78, 5) is 16.4. The van der Waals surface area contributed by atoms with Crippen molar-refractivity contribution >= 4 is 11.7 Å². The van der Waals surface area contributed by atoms with Gasteiger partial charge in [0.05, 0.1) is 12.7 Å². The SMILES string of the molecule is CCNc1cc(C(=O)NCCn2ccnn2)cc(C)n1. The first-order valence-electron chi connectivity index (χ1n) is 6.54. The topological polar surface area (TPSA) is 84.7 Å². The summed E-state index contributed by atoms with van der Waals surface area (Å²) < 4.78 is 1.67. The highest BCUT2D eigenvalue weighted by molar-refractivity contribution is 5.94. The second-order valence-electron chi connectivity index (χ2n) is 4.33. The van der Waals surface area contributed by atoms with Crippen LogP contribution in [0.4, 0.5) is 5.82 Å². The monoisotopic (exact) mass is 274 g/mol. The predicted octanol–water partition coefficient (Wildman–Crippen LogP) is 0.843. The summed E-state index contributed by atoms with van der Waals surface area (Å²) in [7, 11) is 0. The van der Waals surface area contributed by atoms with E-state index in [4.69, 9.17) is 0 Å². The Morgan fingerprint density at radius 1 is 1.40 bits per heavy atom. The minimum Gasteiger partial charge on any atom is -0.370 e. The lowest BCUT2D eigenvalue weighted by Gasteiger charge is -2.08. The molecule has 0 atom stereocenters. The number of aromatic nitrogens is 4. The molecule has 7 nitrogen and oxygen atoms in total. The molecule has 2 N–H and O–H groups in total. The Bertz CT molecular complexity index is 566. The van der Waals surface area contributed by atoms with Crippen LogP contribution in [0, 0.1) is 6.92 Å². The molecule has 0 aliphatic carbocycles. The molecule has 0 saturated heterocycles. The summed E-state index contributed by atoms with van der Waals surface area (Å²) >= 11 is 0. The molecule has 2 rings (SSSR count). The van der Waals surface area contributed by atoms with Crippen LogP contribution in [0.2, 0.25) is 0 Å². The number of amides is 1. The van der Waals surface area contributed by atoms with Gasteiger partial charge >= 0.3 is 0 Å². The third-order valence-electron chi connectivity index (χ3n) is 2.67. The first-order valence-corrected chi connectivity index (χ1v) is 6.54. The molecule has 2 aromatic heterocycles. The number of nitrogens with one attached hydrogen (secondary N) is 2. The van der Waals surface area contributed by atoms with Crippen LogP contribution in [0.3, 0.4) is 0 Å². The molecule has 0 spiro atoms. The van der Waals surface area contributed by atoms with Gasteiger partial charge in [0.25, 0.3) is 5.91 Å². The molecule has 0 fully saturated rings. The van der Waals surface area contributed by atoms with Gasteiger partial charge < -0.3 is 10.6 Å². The minimum absolute atomic E-state index is 0.116. The van der Waals surface area contributed by atoms with Crippen molar-refractivity contribution in [1.82, 2.24) is 25.3 Å². The predicted molar refractivity (Wildman–Crippen MR) is 75.5 cm³/mol. The zero-order valence-corrected chi connectivity index (χ0v) is 11.6. The van der Waals surface area contributed by atoms with Crippen molar-refractivity contribution in [2.45, 2.75) is 20.4 Å². The number of anilines is 1. The number of aryl methyl sites for hydroxylation is 1. The Morgan fingerprint density at radius 2 is 2.25 bits per heavy atom. The van der Waals surface area contributed by atoms with Gasteiger partial charge in [-0.05, 0) is 26.0 Å². The molecule has 0 bridgehead atoms. The van der Waals surface area contributed by atoms with E-state index < -0.39 is 0 Å². The molecule has 2 aromatic rings. The van der Waals surface area contributed by atoms with Crippen LogP contribution in [-0.2, 0) is 6.54 Å². The lowest BCUT2D eigenvalue weighted by Crippen LogP contribution is -2.27. The molecule has 0 saturated carbocycles. The molecular formula is C13H18N6O. The van der Waals surface area contributed by atoms with E-state index in [9.17, 15) is 4.79 Å². The lowest BCUT2D eigenvalue weighted by molar-refractivity contribution is 0.0951. The van der Waals surface area contributed by atoms with Crippen molar-refractivity contribution in [2.24, 2.45) is 0 Å². The van der Waals surface area contributed by atoms with Crippen molar-refractivity contribution in [2.75, 3.05) is 18.4 Å². The number of hydrogen-bond donors (Lipinski definition) is 2. The molecule has 0 aliphatic heterocycles. The molecule has 0 aromatic carbocycles. The zero-order chi connectivity index (χ0) is 14.4. The fraction of sp³-hybridized carbons (Fsp3) is 0.385. The average Bonchev–Trinajstić information content (AvgIpc) is 2.91. The lowest BCUT2D eigenvalue weighted by atomic mass is 10.2. The van der Waals surface area contributed by atoms with Crippen LogP contribution < -0.4 is 10.6 Å². The Hall–Kier alpha value is -2.44. The van der Waals surface area contributed by atoms with Gasteiger partial charge in [-0.3, -0.25) is 9.48 Å². The van der Waals surface area contributed by atoms with Gasteiger partial charge in [-0.25, -0.2) is 4.98 Å². The van der Waals surface area contributed by atoms with Crippen LogP contribution in [-0.4, -0.2) is 39.0 Å². The smallest absolute Gasteiger partial charge is 0.251 e. The van der Waals surface area contributed by atoms with Gasteiger partial charge in [-0.2, -0.15) is 0 Å². The number of carbonyl (C=O) groups is 1. The highest BCUT2D eigenvalue weighted by Crippen LogP contribution is 2.09. The molecule has 0 unspecified atom stereocenters. The summed E-state index contributed by atoms with van der Waals surface area (Å²) in [6.07, 6.45) is 3.36. The van der Waals surface area contributed by atoms with Crippen molar-refractivity contribution in [3.05, 3.63) is 35.8 Å². The fourth-order valence-electron chi connectivity index (χ4n) is 1.81. The number of pyridine rings is 1. The number of rotatable bonds is 6. The number of nitrogens with zero attached hydrogens (tertiary/aromatic N) is 4. The van der Waals surface area contributed by atoms with E-state index in [-0.39, 0.29) is 5.91 Å². The highest BCUT2D eigenvalue weighted by Gasteiger charge is 2.08. The van der Waals surface area contributed by atoms with Crippen LogP contribution in [0.15, 0.2) is 24.5 Å². The quantitative estimate of drug-likeness (QED) is 0.815. The van der Waals surface area contributed by atoms with Crippen LogP contribution in [0.5, 0.6) is 0 Å². The van der Waals surface area contributed by atoms with Gasteiger partial charge in [-0.15, -0.1) is 5.10 Å². The summed E-state index contributed by atoms with van der Waals surface area (Å²) in [5, 5.41) is 13.5. The fourth-order valence-corrected chi connectivity index (χ4v) is 1.81. The summed E-state index contributed by atoms with van der Waals surface area (Å²) in [5.74, 6) is 0.601. The van der Waals surface area contributed by atoms with Crippen molar-refractivity contribution < 1.29 is 4.79 Å². The Kier molecular flexibility index (Phi) is 4.65. The van der Waals surface area contributed by atoms with Gasteiger partial charge in [-0.1, -0.05) is 5.21 Å². The second kappa shape index (κ2) is 6.65. The van der Waals surface area contributed by atoms with Crippen molar-refractivity contribution in [1.29, 1.82) is 0 Å². The van der Waals surface area contributed by atoms with E-state index in [0.29, 0.717) is 24.5 Å². The maximum Gasteiger partial charge on any atom is 0.251 e. The second-order valence-corrected chi connectivity index (χ2v) is 4.33. The van der Waals surface area contributed by atoms with Crippen LogP contribution in [0.1, 0.15) is 23.0 Å². The van der Waals surface area contributed by atoms with Gasteiger partial charge in [0.2, 0.25) is 0 Å². The van der Waals surface area contributed by atoms with Gasteiger partial charge in [0.15, 0.2) is 0 Å². The Morgan fingerprint density at radius 3 is 2.95 bits per heavy atom. The first-order chi connectivity index (χ1) is 9.69. The third-order valence-corrected chi connectivity index (χ3v) is 2.67. The van der Waals surface area contributed by atoms with E-state index in [1.807, 2.05) is 13.8 Å². The summed E-state index contributed by atoms with van der Waals surface area (Å²) in [6.45, 7) is 5.72. The number of hydrogen-bond acceptors (Lipinski definition) is 5. The largest absolute Gasteiger partial charge is 0.370 e. The zero-order valence-electron chi connectivity index (χ0n) is 11.6. The summed E-state index contributed by atoms with van der Waals surface area (Å²) in [5.41, 5.74) is 1.41. The molecule has 0 aliphatic rings. The normalized spacial score (nSPS) is 10.3. The molecule has 1 amide bonds. The maximum absolute atomic E-state index is 12.1. The van der Waals surface area contributed by atoms with Crippen LogP contribution in [0.25, 0.3) is 0 Å². The van der Waals surface area contributed by atoms with Crippen LogP contribution >= 0.6 is 0 Å². The molecule has 20 heavy (non-hydrogen) atoms. The average molecular weight is 274 g/mol. The highest BCUT2D eigenvalue weighted by atomic mass is 16.1. The molecule has 106 valence electrons. The molecule has 7 heteroatoms. The van der Waals surface area contributed by atoms with Gasteiger partial charge in [0.1, 0.15) is 5.82 Å². The third kappa shape index (κ3) is 3.78. The molecular weight excluding hydrogens is 256 g/mol. The van der Waals surface area contributed by atoms with Crippen molar-refractivity contribution in [3.63, 3.8) is 0 Å². The standard InChI is InChI=1S/C13H18N6O/c1-3-14-12-9-11(8-10(2)17-12)13(20)15-4-6-19-7-5-16-18-19/h5,7-9H,3-4,6H2,1-2H3,(H,14,17)(H,15,20). The maximum atomic E-state index is 12.1. The Labute approximate surface area is 117 Å². The van der Waals surface area contributed by atoms with Gasteiger partial charge in [0, 0.05) is 30.5 Å². The van der Waals surface area contributed by atoms with Crippen molar-refractivity contribution in [3.8, 4) is 0 Å². The van der Waals surface area contributed by atoms with E-state index >= 15 is 0 Å². The van der Waals surface area contributed by atoms with E-state index in [0.717, 1.165) is 12.2 Å². The Balaban J connectivity index is 1.94. The van der Waals surface area contributed by atoms with E-state index in [1.165, 1.54) is 0 Å². The first kappa shape index (κ1) is 14.0. The summed E-state index contributed by atoms with van der Waals surface area (Å²) in [6, 6.07) is 3.52.